The van der Waals surface area contributed by atoms with Crippen LogP contribution in [0, 0.1) is 0 Å². The van der Waals surface area contributed by atoms with Gasteiger partial charge in [0.15, 0.2) is 11.3 Å². The minimum atomic E-state index is -0.518. The lowest BCUT2D eigenvalue weighted by Crippen LogP contribution is -2.29. The van der Waals surface area contributed by atoms with Crippen LogP contribution in [-0.2, 0) is 13.0 Å². The molecule has 0 saturated carbocycles. The summed E-state index contributed by atoms with van der Waals surface area (Å²) >= 11 is 0. The highest BCUT2D eigenvalue weighted by atomic mass is 16.5. The number of methoxy groups -OCH3 is 1. The van der Waals surface area contributed by atoms with Crippen LogP contribution < -0.4 is 15.1 Å². The number of carbonyl (C=O) groups is 2. The Kier molecular flexibility index (Phi) is 3.52. The number of carbonyl (C=O) groups excluding carboxylic acids is 2. The number of hydrogen-bond acceptors (Lipinski definition) is 6. The van der Waals surface area contributed by atoms with E-state index >= 15 is 0 Å². The number of fused-ring (bicyclic) bond motifs is 3. The third-order valence-corrected chi connectivity index (χ3v) is 5.21. The molecule has 3 aromatic rings. The molecule has 2 aliphatic rings. The van der Waals surface area contributed by atoms with Gasteiger partial charge < -0.3 is 13.9 Å². The first-order valence-corrected chi connectivity index (χ1v) is 8.83. The molecule has 5 rings (SSSR count). The van der Waals surface area contributed by atoms with Crippen LogP contribution in [0.1, 0.15) is 31.8 Å². The fourth-order valence-electron chi connectivity index (χ4n) is 3.94. The molecular weight excluding hydrogens is 362 g/mol. The maximum Gasteiger partial charge on any atom is 0.336 e. The molecule has 1 aromatic heterocycles. The molecule has 0 fully saturated rings. The van der Waals surface area contributed by atoms with Crippen LogP contribution in [0.15, 0.2) is 45.6 Å². The maximum absolute atomic E-state index is 12.8. The predicted molar refractivity (Wildman–Crippen MR) is 98.9 cm³/mol. The molecule has 0 bridgehead atoms. The van der Waals surface area contributed by atoms with E-state index in [-0.39, 0.29) is 23.9 Å². The Hall–Kier alpha value is -3.61. The van der Waals surface area contributed by atoms with Gasteiger partial charge in [0.2, 0.25) is 5.75 Å². The van der Waals surface area contributed by atoms with E-state index in [1.165, 1.54) is 18.1 Å². The molecule has 0 N–H and O–H groups in total. The summed E-state index contributed by atoms with van der Waals surface area (Å²) in [5, 5.41) is 0.622. The summed E-state index contributed by atoms with van der Waals surface area (Å²) in [5.74, 6) is 0.173. The Morgan fingerprint density at radius 1 is 1.04 bits per heavy atom. The summed E-state index contributed by atoms with van der Waals surface area (Å²) in [7, 11) is 1.48. The van der Waals surface area contributed by atoms with E-state index in [9.17, 15) is 14.4 Å². The topological polar surface area (TPSA) is 86.0 Å². The Morgan fingerprint density at radius 2 is 1.75 bits per heavy atom. The van der Waals surface area contributed by atoms with E-state index < -0.39 is 5.63 Å². The predicted octanol–water partition coefficient (Wildman–Crippen LogP) is 2.53. The van der Waals surface area contributed by atoms with Gasteiger partial charge >= 0.3 is 5.63 Å². The van der Waals surface area contributed by atoms with Crippen molar-refractivity contribution in [1.82, 2.24) is 4.90 Å². The van der Waals surface area contributed by atoms with Crippen LogP contribution in [0.2, 0.25) is 0 Å². The fourth-order valence-corrected chi connectivity index (χ4v) is 3.94. The molecular formula is C21H15NO6. The van der Waals surface area contributed by atoms with Gasteiger partial charge in [0.1, 0.15) is 0 Å². The van der Waals surface area contributed by atoms with Crippen LogP contribution in [0.4, 0.5) is 0 Å². The number of rotatable bonds is 3. The van der Waals surface area contributed by atoms with Gasteiger partial charge in [-0.05, 0) is 23.8 Å². The molecule has 0 aliphatic carbocycles. The van der Waals surface area contributed by atoms with Crippen LogP contribution in [-0.4, -0.2) is 30.4 Å². The summed E-state index contributed by atoms with van der Waals surface area (Å²) in [4.78, 5) is 38.6. The van der Waals surface area contributed by atoms with Gasteiger partial charge in [-0.25, -0.2) is 4.79 Å². The first-order chi connectivity index (χ1) is 13.6. The molecule has 2 amide bonds. The zero-order valence-corrected chi connectivity index (χ0v) is 15.0. The lowest BCUT2D eigenvalue weighted by atomic mass is 9.98. The van der Waals surface area contributed by atoms with Crippen molar-refractivity contribution in [2.75, 3.05) is 13.7 Å². The lowest BCUT2D eigenvalue weighted by Gasteiger charge is -2.19. The van der Waals surface area contributed by atoms with Crippen molar-refractivity contribution in [2.45, 2.75) is 13.0 Å². The Bertz CT molecular complexity index is 1190. The Labute approximate surface area is 159 Å². The monoisotopic (exact) mass is 377 g/mol. The van der Waals surface area contributed by atoms with Crippen molar-refractivity contribution in [3.05, 3.63) is 69.1 Å². The summed E-state index contributed by atoms with van der Waals surface area (Å²) < 4.78 is 16.5. The second kappa shape index (κ2) is 5.95. The van der Waals surface area contributed by atoms with Gasteiger partial charge in [-0.15, -0.1) is 0 Å². The highest BCUT2D eigenvalue weighted by molar-refractivity contribution is 6.21. The van der Waals surface area contributed by atoms with Gasteiger partial charge in [0.25, 0.3) is 11.8 Å². The highest BCUT2D eigenvalue weighted by Gasteiger charge is 2.37. The Morgan fingerprint density at radius 3 is 2.43 bits per heavy atom. The van der Waals surface area contributed by atoms with E-state index in [0.29, 0.717) is 41.0 Å². The normalized spacial score (nSPS) is 15.0. The first-order valence-electron chi connectivity index (χ1n) is 8.83. The standard InChI is InChI=1S/C21H15NO6/c1-26-19-17-12(8-9-27-17)15(11-6-7-16(23)28-18(11)19)10-22-20(24)13-4-2-3-5-14(13)21(22)25/h2-7H,8-10H2,1H3. The van der Waals surface area contributed by atoms with Gasteiger partial charge in [0.05, 0.1) is 31.4 Å². The third-order valence-electron chi connectivity index (χ3n) is 5.21. The SMILES string of the molecule is COc1c2c(c(CN3C(=O)c4ccccc4C3=O)c3ccc(=O)oc13)CCO2. The average Bonchev–Trinajstić information content (AvgIpc) is 3.27. The lowest BCUT2D eigenvalue weighted by molar-refractivity contribution is 0.0642. The number of imide groups is 1. The molecule has 0 unspecified atom stereocenters. The van der Waals surface area contributed by atoms with Crippen molar-refractivity contribution in [1.29, 1.82) is 0 Å². The van der Waals surface area contributed by atoms with Crippen molar-refractivity contribution in [3.63, 3.8) is 0 Å². The minimum absolute atomic E-state index is 0.0618. The van der Waals surface area contributed by atoms with Gasteiger partial charge in [0, 0.05) is 23.4 Å². The van der Waals surface area contributed by atoms with E-state index in [4.69, 9.17) is 13.9 Å². The maximum atomic E-state index is 12.8. The zero-order chi connectivity index (χ0) is 19.4. The largest absolute Gasteiger partial charge is 0.490 e. The quantitative estimate of drug-likeness (QED) is 0.515. The van der Waals surface area contributed by atoms with Crippen LogP contribution >= 0.6 is 0 Å². The summed E-state index contributed by atoms with van der Waals surface area (Å²) in [6.07, 6.45) is 0.610. The number of ether oxygens (including phenoxy) is 2. The van der Waals surface area contributed by atoms with Crippen molar-refractivity contribution in [2.24, 2.45) is 0 Å². The fraction of sp³-hybridized carbons (Fsp3) is 0.190. The van der Waals surface area contributed by atoms with Crippen molar-refractivity contribution >= 4 is 22.8 Å². The van der Waals surface area contributed by atoms with Crippen molar-refractivity contribution in [3.8, 4) is 11.5 Å². The third kappa shape index (κ3) is 2.19. The van der Waals surface area contributed by atoms with Crippen LogP contribution in [0.3, 0.4) is 0 Å². The molecule has 0 radical (unpaired) electrons. The van der Waals surface area contributed by atoms with Gasteiger partial charge in [-0.1, -0.05) is 12.1 Å². The zero-order valence-electron chi connectivity index (χ0n) is 15.0. The number of nitrogens with zero attached hydrogens (tertiary/aromatic N) is 1. The summed E-state index contributed by atoms with van der Waals surface area (Å²) in [5.41, 5.74) is 2.10. The first kappa shape index (κ1) is 16.6. The highest BCUT2D eigenvalue weighted by Crippen LogP contribution is 2.45. The molecule has 2 aromatic carbocycles. The number of hydrogen-bond donors (Lipinski definition) is 0. The van der Waals surface area contributed by atoms with E-state index in [0.717, 1.165) is 11.1 Å². The molecule has 140 valence electrons. The molecule has 3 heterocycles. The van der Waals surface area contributed by atoms with Crippen molar-refractivity contribution < 1.29 is 23.5 Å². The molecule has 7 nitrogen and oxygen atoms in total. The summed E-state index contributed by atoms with van der Waals surface area (Å²) in [6, 6.07) is 9.71. The Balaban J connectivity index is 1.70. The second-order valence-electron chi connectivity index (χ2n) is 6.66. The van der Waals surface area contributed by atoms with E-state index in [1.54, 1.807) is 30.3 Å². The summed E-state index contributed by atoms with van der Waals surface area (Å²) in [6.45, 7) is 0.508. The van der Waals surface area contributed by atoms with E-state index in [2.05, 4.69) is 0 Å². The van der Waals surface area contributed by atoms with E-state index in [1.807, 2.05) is 0 Å². The molecule has 0 saturated heterocycles. The van der Waals surface area contributed by atoms with Crippen LogP contribution in [0.5, 0.6) is 11.5 Å². The number of benzene rings is 2. The molecule has 7 heteroatoms. The van der Waals surface area contributed by atoms with Gasteiger partial charge in [-0.3, -0.25) is 14.5 Å². The minimum Gasteiger partial charge on any atom is -0.490 e. The second-order valence-corrected chi connectivity index (χ2v) is 6.66. The average molecular weight is 377 g/mol. The smallest absolute Gasteiger partial charge is 0.336 e. The van der Waals surface area contributed by atoms with Crippen LogP contribution in [0.25, 0.3) is 11.0 Å². The number of amides is 2. The molecule has 0 atom stereocenters. The molecule has 0 spiro atoms. The van der Waals surface area contributed by atoms with Gasteiger partial charge in [-0.2, -0.15) is 0 Å². The molecule has 28 heavy (non-hydrogen) atoms. The molecule has 2 aliphatic heterocycles.